The number of nitrogens with zero attached hydrogens (tertiary/aromatic N) is 1. The van der Waals surface area contributed by atoms with E-state index in [0.717, 1.165) is 37.1 Å². The summed E-state index contributed by atoms with van der Waals surface area (Å²) in [6.45, 7) is 5.40. The van der Waals surface area contributed by atoms with Crippen LogP contribution in [0.15, 0.2) is 42.5 Å². The molecule has 2 aromatic carbocycles. The van der Waals surface area contributed by atoms with Crippen LogP contribution < -0.4 is 0 Å². The van der Waals surface area contributed by atoms with Crippen molar-refractivity contribution < 1.29 is 9.84 Å². The van der Waals surface area contributed by atoms with Crippen molar-refractivity contribution in [1.82, 2.24) is 4.90 Å². The first kappa shape index (κ1) is 14.5. The summed E-state index contributed by atoms with van der Waals surface area (Å²) in [4.78, 5) is 2.31. The van der Waals surface area contributed by atoms with E-state index in [1.54, 1.807) is 0 Å². The minimum Gasteiger partial charge on any atom is -0.387 e. The van der Waals surface area contributed by atoms with Crippen LogP contribution in [-0.2, 0) is 4.74 Å². The lowest BCUT2D eigenvalue weighted by Crippen LogP contribution is -2.43. The Morgan fingerprint density at radius 1 is 1.24 bits per heavy atom. The fraction of sp³-hybridized carbons (Fsp3) is 0.444. The first-order valence-corrected chi connectivity index (χ1v) is 7.77. The van der Waals surface area contributed by atoms with Gasteiger partial charge in [-0.1, -0.05) is 49.4 Å². The van der Waals surface area contributed by atoms with Crippen LogP contribution in [0.5, 0.6) is 0 Å². The zero-order valence-electron chi connectivity index (χ0n) is 12.5. The van der Waals surface area contributed by atoms with E-state index in [0.29, 0.717) is 12.6 Å². The molecule has 0 bridgehead atoms. The third kappa shape index (κ3) is 3.26. The van der Waals surface area contributed by atoms with Crippen molar-refractivity contribution in [1.29, 1.82) is 0 Å². The van der Waals surface area contributed by atoms with E-state index in [9.17, 15) is 5.11 Å². The van der Waals surface area contributed by atoms with Crippen molar-refractivity contribution in [3.05, 3.63) is 48.0 Å². The molecule has 2 unspecified atom stereocenters. The summed E-state index contributed by atoms with van der Waals surface area (Å²) in [6, 6.07) is 14.4. The molecule has 0 aliphatic carbocycles. The van der Waals surface area contributed by atoms with Gasteiger partial charge in [-0.15, -0.1) is 0 Å². The normalized spacial score (nSPS) is 21.5. The summed E-state index contributed by atoms with van der Waals surface area (Å²) < 4.78 is 5.69. The molecule has 2 atom stereocenters. The molecule has 112 valence electrons. The van der Waals surface area contributed by atoms with Crippen molar-refractivity contribution in [2.45, 2.75) is 25.6 Å². The van der Waals surface area contributed by atoms with E-state index in [1.165, 1.54) is 5.39 Å². The quantitative estimate of drug-likeness (QED) is 0.937. The van der Waals surface area contributed by atoms with Crippen LogP contribution in [0.25, 0.3) is 10.8 Å². The van der Waals surface area contributed by atoms with Crippen molar-refractivity contribution >= 4 is 10.8 Å². The molecule has 0 spiro atoms. The zero-order valence-corrected chi connectivity index (χ0v) is 12.5. The van der Waals surface area contributed by atoms with E-state index in [4.69, 9.17) is 4.74 Å². The molecule has 1 fully saturated rings. The Labute approximate surface area is 126 Å². The van der Waals surface area contributed by atoms with Gasteiger partial charge in [0.2, 0.25) is 0 Å². The second-order valence-corrected chi connectivity index (χ2v) is 5.74. The van der Waals surface area contributed by atoms with Crippen molar-refractivity contribution in [2.75, 3.05) is 26.2 Å². The van der Waals surface area contributed by atoms with Gasteiger partial charge in [0, 0.05) is 19.6 Å². The van der Waals surface area contributed by atoms with Gasteiger partial charge in [0.25, 0.3) is 0 Å². The minimum absolute atomic E-state index is 0.304. The molecule has 21 heavy (non-hydrogen) atoms. The Balaban J connectivity index is 1.76. The standard InChI is InChI=1S/C18H23NO2/c1-2-15-12-19(10-11-21-15)13-18(20)17-9-5-7-14-6-3-4-8-16(14)17/h3-9,15,18,20H,2,10-13H2,1H3. The molecule has 0 saturated carbocycles. The fourth-order valence-electron chi connectivity index (χ4n) is 3.08. The number of benzene rings is 2. The fourth-order valence-corrected chi connectivity index (χ4v) is 3.08. The first-order chi connectivity index (χ1) is 10.3. The molecular weight excluding hydrogens is 262 g/mol. The van der Waals surface area contributed by atoms with Gasteiger partial charge in [-0.3, -0.25) is 4.90 Å². The van der Waals surface area contributed by atoms with Gasteiger partial charge in [-0.05, 0) is 22.8 Å². The molecule has 1 aliphatic heterocycles. The Kier molecular flexibility index (Phi) is 4.54. The summed E-state index contributed by atoms with van der Waals surface area (Å²) in [7, 11) is 0. The van der Waals surface area contributed by atoms with E-state index in [2.05, 4.69) is 30.0 Å². The highest BCUT2D eigenvalue weighted by Crippen LogP contribution is 2.25. The topological polar surface area (TPSA) is 32.7 Å². The number of ether oxygens (including phenoxy) is 1. The molecule has 2 aromatic rings. The number of morpholine rings is 1. The monoisotopic (exact) mass is 285 g/mol. The average molecular weight is 285 g/mol. The summed E-state index contributed by atoms with van der Waals surface area (Å²) in [5, 5.41) is 13.0. The second-order valence-electron chi connectivity index (χ2n) is 5.74. The summed E-state index contributed by atoms with van der Waals surface area (Å²) in [6.07, 6.45) is 0.881. The molecule has 3 rings (SSSR count). The van der Waals surface area contributed by atoms with Crippen LogP contribution in [0.2, 0.25) is 0 Å². The molecular formula is C18H23NO2. The Morgan fingerprint density at radius 3 is 2.90 bits per heavy atom. The maximum Gasteiger partial charge on any atom is 0.0922 e. The molecule has 3 heteroatoms. The number of fused-ring (bicyclic) bond motifs is 1. The van der Waals surface area contributed by atoms with Gasteiger partial charge in [0.15, 0.2) is 0 Å². The molecule has 0 amide bonds. The average Bonchev–Trinajstić information content (AvgIpc) is 2.54. The summed E-state index contributed by atoms with van der Waals surface area (Å²) >= 11 is 0. The van der Waals surface area contributed by atoms with Crippen LogP contribution in [0.1, 0.15) is 25.0 Å². The van der Waals surface area contributed by atoms with E-state index in [1.807, 2.05) is 24.3 Å². The molecule has 1 heterocycles. The van der Waals surface area contributed by atoms with Crippen LogP contribution >= 0.6 is 0 Å². The van der Waals surface area contributed by atoms with Gasteiger partial charge in [0.05, 0.1) is 18.8 Å². The number of rotatable bonds is 4. The van der Waals surface area contributed by atoms with Gasteiger partial charge in [-0.25, -0.2) is 0 Å². The van der Waals surface area contributed by atoms with Crippen LogP contribution in [-0.4, -0.2) is 42.4 Å². The first-order valence-electron chi connectivity index (χ1n) is 7.77. The number of hydrogen-bond acceptors (Lipinski definition) is 3. The molecule has 1 aliphatic rings. The highest BCUT2D eigenvalue weighted by molar-refractivity contribution is 5.85. The van der Waals surface area contributed by atoms with Crippen molar-refractivity contribution in [2.24, 2.45) is 0 Å². The molecule has 3 nitrogen and oxygen atoms in total. The lowest BCUT2D eigenvalue weighted by Gasteiger charge is -2.33. The molecule has 0 radical (unpaired) electrons. The number of hydrogen-bond donors (Lipinski definition) is 1. The van der Waals surface area contributed by atoms with E-state index >= 15 is 0 Å². The van der Waals surface area contributed by atoms with Gasteiger partial charge in [0.1, 0.15) is 0 Å². The Morgan fingerprint density at radius 2 is 2.05 bits per heavy atom. The predicted molar refractivity (Wildman–Crippen MR) is 85.4 cm³/mol. The maximum absolute atomic E-state index is 10.6. The molecule has 0 aromatic heterocycles. The zero-order chi connectivity index (χ0) is 14.7. The third-order valence-corrected chi connectivity index (χ3v) is 4.29. The Hall–Kier alpha value is -1.42. The molecule has 1 N–H and O–H groups in total. The van der Waals surface area contributed by atoms with Gasteiger partial charge in [-0.2, -0.15) is 0 Å². The van der Waals surface area contributed by atoms with Crippen molar-refractivity contribution in [3.63, 3.8) is 0 Å². The van der Waals surface area contributed by atoms with Gasteiger partial charge >= 0.3 is 0 Å². The highest BCUT2D eigenvalue weighted by Gasteiger charge is 2.22. The van der Waals surface area contributed by atoms with Gasteiger partial charge < -0.3 is 9.84 Å². The Bertz CT molecular complexity index is 593. The third-order valence-electron chi connectivity index (χ3n) is 4.29. The minimum atomic E-state index is -0.452. The van der Waals surface area contributed by atoms with E-state index < -0.39 is 6.10 Å². The lowest BCUT2D eigenvalue weighted by atomic mass is 10.00. The summed E-state index contributed by atoms with van der Waals surface area (Å²) in [5.41, 5.74) is 1.02. The van der Waals surface area contributed by atoms with Crippen LogP contribution in [0, 0.1) is 0 Å². The highest BCUT2D eigenvalue weighted by atomic mass is 16.5. The second kappa shape index (κ2) is 6.56. The predicted octanol–water partition coefficient (Wildman–Crippen LogP) is 2.98. The maximum atomic E-state index is 10.6. The van der Waals surface area contributed by atoms with E-state index in [-0.39, 0.29) is 0 Å². The smallest absolute Gasteiger partial charge is 0.0922 e. The number of β-amino-alcohol motifs (C(OH)–C–C–N with tert-alkyl or cyclic N) is 1. The lowest BCUT2D eigenvalue weighted by molar-refractivity contribution is -0.0416. The largest absolute Gasteiger partial charge is 0.387 e. The van der Waals surface area contributed by atoms with Crippen LogP contribution in [0.4, 0.5) is 0 Å². The number of aliphatic hydroxyl groups excluding tert-OH is 1. The number of aliphatic hydroxyl groups is 1. The van der Waals surface area contributed by atoms with Crippen molar-refractivity contribution in [3.8, 4) is 0 Å². The van der Waals surface area contributed by atoms with Crippen LogP contribution in [0.3, 0.4) is 0 Å². The molecule has 1 saturated heterocycles. The SMILES string of the molecule is CCC1CN(CC(O)c2cccc3ccccc23)CCO1. The summed E-state index contributed by atoms with van der Waals surface area (Å²) in [5.74, 6) is 0.